The van der Waals surface area contributed by atoms with E-state index in [1.807, 2.05) is 0 Å². The van der Waals surface area contributed by atoms with Crippen molar-refractivity contribution in [3.8, 4) is 5.75 Å². The van der Waals surface area contributed by atoms with Crippen molar-refractivity contribution in [3.05, 3.63) is 30.1 Å². The zero-order valence-electron chi connectivity index (χ0n) is 10.9. The average molecular weight is 270 g/mol. The number of rotatable bonds is 8. The number of benzene rings is 1. The Kier molecular flexibility index (Phi) is 7.34. The second-order valence-electron chi connectivity index (χ2n) is 3.83. The molecule has 1 aromatic rings. The highest BCUT2D eigenvalue weighted by Crippen LogP contribution is 2.10. The van der Waals surface area contributed by atoms with Crippen molar-refractivity contribution in [2.75, 3.05) is 33.4 Å². The minimum Gasteiger partial charge on any atom is -0.492 e. The van der Waals surface area contributed by atoms with Gasteiger partial charge in [-0.05, 0) is 30.7 Å². The topological polar surface area (TPSA) is 59.6 Å². The van der Waals surface area contributed by atoms with Gasteiger partial charge in [0.15, 0.2) is 0 Å². The lowest BCUT2D eigenvalue weighted by Crippen LogP contribution is -2.38. The minimum atomic E-state index is -0.305. The van der Waals surface area contributed by atoms with Crippen LogP contribution in [0.5, 0.6) is 5.75 Å². The molecule has 0 aliphatic rings. The van der Waals surface area contributed by atoms with Crippen LogP contribution in [0.3, 0.4) is 0 Å². The van der Waals surface area contributed by atoms with Crippen molar-refractivity contribution >= 4 is 6.03 Å². The largest absolute Gasteiger partial charge is 0.492 e. The molecule has 2 amide bonds. The van der Waals surface area contributed by atoms with Crippen LogP contribution >= 0.6 is 0 Å². The third kappa shape index (κ3) is 7.25. The van der Waals surface area contributed by atoms with Crippen molar-refractivity contribution in [2.24, 2.45) is 0 Å². The fraction of sp³-hybridized carbons (Fsp3) is 0.462. The van der Waals surface area contributed by atoms with Crippen LogP contribution in [-0.4, -0.2) is 39.4 Å². The Labute approximate surface area is 112 Å². The molecule has 1 rings (SSSR count). The van der Waals surface area contributed by atoms with Gasteiger partial charge in [0.1, 0.15) is 18.2 Å². The lowest BCUT2D eigenvalue weighted by molar-refractivity contribution is 0.193. The molecule has 0 aliphatic heterocycles. The van der Waals surface area contributed by atoms with Gasteiger partial charge >= 0.3 is 6.03 Å². The van der Waals surface area contributed by atoms with Crippen molar-refractivity contribution < 1.29 is 18.7 Å². The number of nitrogens with one attached hydrogen (secondary N) is 2. The molecule has 6 heteroatoms. The molecule has 0 radical (unpaired) electrons. The molecule has 0 fully saturated rings. The number of ether oxygens (including phenoxy) is 2. The normalized spacial score (nSPS) is 10.0. The van der Waals surface area contributed by atoms with Crippen LogP contribution in [0.4, 0.5) is 9.18 Å². The third-order valence-corrected chi connectivity index (χ3v) is 2.28. The summed E-state index contributed by atoms with van der Waals surface area (Å²) in [6.07, 6.45) is 0.774. The minimum absolute atomic E-state index is 0.237. The first-order chi connectivity index (χ1) is 9.22. The van der Waals surface area contributed by atoms with E-state index in [0.29, 0.717) is 32.1 Å². The van der Waals surface area contributed by atoms with Gasteiger partial charge in [-0.3, -0.25) is 0 Å². The molecule has 0 saturated carbocycles. The second kappa shape index (κ2) is 9.16. The van der Waals surface area contributed by atoms with Crippen molar-refractivity contribution in [1.82, 2.24) is 10.6 Å². The van der Waals surface area contributed by atoms with E-state index in [0.717, 1.165) is 6.42 Å². The number of urea groups is 1. The summed E-state index contributed by atoms with van der Waals surface area (Å²) in [6, 6.07) is 5.50. The van der Waals surface area contributed by atoms with Gasteiger partial charge in [0.2, 0.25) is 0 Å². The fourth-order valence-corrected chi connectivity index (χ4v) is 1.35. The van der Waals surface area contributed by atoms with E-state index < -0.39 is 0 Å². The fourth-order valence-electron chi connectivity index (χ4n) is 1.35. The predicted octanol–water partition coefficient (Wildman–Crippen LogP) is 1.54. The van der Waals surface area contributed by atoms with Gasteiger partial charge < -0.3 is 20.1 Å². The molecule has 0 unspecified atom stereocenters. The van der Waals surface area contributed by atoms with E-state index in [-0.39, 0.29) is 11.8 Å². The van der Waals surface area contributed by atoms with Crippen molar-refractivity contribution in [2.45, 2.75) is 6.42 Å². The maximum atomic E-state index is 12.6. The van der Waals surface area contributed by atoms with Crippen LogP contribution in [0.2, 0.25) is 0 Å². The summed E-state index contributed by atoms with van der Waals surface area (Å²) in [5.74, 6) is 0.268. The molecule has 0 saturated heterocycles. The van der Waals surface area contributed by atoms with Gasteiger partial charge in [0.25, 0.3) is 0 Å². The molecule has 0 atom stereocenters. The van der Waals surface area contributed by atoms with E-state index in [1.165, 1.54) is 12.1 Å². The summed E-state index contributed by atoms with van der Waals surface area (Å²) < 4.78 is 22.8. The van der Waals surface area contributed by atoms with Crippen LogP contribution in [0, 0.1) is 5.82 Å². The number of amides is 2. The zero-order valence-corrected chi connectivity index (χ0v) is 10.9. The Hall–Kier alpha value is -1.82. The van der Waals surface area contributed by atoms with Crippen LogP contribution in [-0.2, 0) is 4.74 Å². The molecule has 0 bridgehead atoms. The molecule has 0 aliphatic carbocycles. The molecular weight excluding hydrogens is 251 g/mol. The zero-order chi connectivity index (χ0) is 13.9. The number of hydrogen-bond acceptors (Lipinski definition) is 3. The molecule has 5 nitrogen and oxygen atoms in total. The third-order valence-electron chi connectivity index (χ3n) is 2.28. The van der Waals surface area contributed by atoms with Crippen LogP contribution in [0.1, 0.15) is 6.42 Å². The molecule has 2 N–H and O–H groups in total. The number of halogens is 1. The Bertz CT molecular complexity index is 371. The Morgan fingerprint density at radius 2 is 1.84 bits per heavy atom. The number of hydrogen-bond donors (Lipinski definition) is 2. The Morgan fingerprint density at radius 3 is 2.53 bits per heavy atom. The van der Waals surface area contributed by atoms with E-state index in [9.17, 15) is 9.18 Å². The molecule has 0 heterocycles. The Balaban J connectivity index is 2.03. The molecule has 0 spiro atoms. The summed E-state index contributed by atoms with van der Waals surface area (Å²) in [5, 5.41) is 5.34. The smallest absolute Gasteiger partial charge is 0.314 e. The van der Waals surface area contributed by atoms with E-state index in [1.54, 1.807) is 19.2 Å². The summed E-state index contributed by atoms with van der Waals surface area (Å²) in [7, 11) is 1.62. The van der Waals surface area contributed by atoms with Gasteiger partial charge in [-0.25, -0.2) is 9.18 Å². The lowest BCUT2D eigenvalue weighted by Gasteiger charge is -2.08. The SMILES string of the molecule is COCCCNC(=O)NCCOc1ccc(F)cc1. The highest BCUT2D eigenvalue weighted by molar-refractivity contribution is 5.73. The molecule has 1 aromatic carbocycles. The van der Waals surface area contributed by atoms with Gasteiger partial charge in [-0.2, -0.15) is 0 Å². The maximum Gasteiger partial charge on any atom is 0.314 e. The summed E-state index contributed by atoms with van der Waals surface area (Å²) in [5.41, 5.74) is 0. The van der Waals surface area contributed by atoms with Crippen LogP contribution in [0.25, 0.3) is 0 Å². The van der Waals surface area contributed by atoms with E-state index >= 15 is 0 Å². The van der Waals surface area contributed by atoms with Crippen molar-refractivity contribution in [3.63, 3.8) is 0 Å². The van der Waals surface area contributed by atoms with Gasteiger partial charge in [-0.1, -0.05) is 0 Å². The maximum absolute atomic E-state index is 12.6. The summed E-state index contributed by atoms with van der Waals surface area (Å²) in [4.78, 5) is 11.3. The predicted molar refractivity (Wildman–Crippen MR) is 69.8 cm³/mol. The highest BCUT2D eigenvalue weighted by Gasteiger charge is 1.99. The monoisotopic (exact) mass is 270 g/mol. The van der Waals surface area contributed by atoms with Gasteiger partial charge in [-0.15, -0.1) is 0 Å². The quantitative estimate of drug-likeness (QED) is 0.704. The first kappa shape index (κ1) is 15.2. The molecular formula is C13H19FN2O3. The van der Waals surface area contributed by atoms with E-state index in [4.69, 9.17) is 9.47 Å². The molecule has 19 heavy (non-hydrogen) atoms. The van der Waals surface area contributed by atoms with Crippen LogP contribution < -0.4 is 15.4 Å². The number of carbonyl (C=O) groups excluding carboxylic acids is 1. The van der Waals surface area contributed by atoms with Crippen molar-refractivity contribution in [1.29, 1.82) is 0 Å². The number of carbonyl (C=O) groups is 1. The Morgan fingerprint density at radius 1 is 1.16 bits per heavy atom. The van der Waals surface area contributed by atoms with Gasteiger partial charge in [0.05, 0.1) is 6.54 Å². The first-order valence-corrected chi connectivity index (χ1v) is 6.11. The standard InChI is InChI=1S/C13H19FN2O3/c1-18-9-2-7-15-13(17)16-8-10-19-12-5-3-11(14)4-6-12/h3-6H,2,7-10H2,1H3,(H2,15,16,17). The number of methoxy groups -OCH3 is 1. The average Bonchev–Trinajstić information content (AvgIpc) is 2.42. The molecule has 106 valence electrons. The van der Waals surface area contributed by atoms with Crippen LogP contribution in [0.15, 0.2) is 24.3 Å². The first-order valence-electron chi connectivity index (χ1n) is 6.11. The summed E-state index contributed by atoms with van der Waals surface area (Å²) >= 11 is 0. The highest BCUT2D eigenvalue weighted by atomic mass is 19.1. The molecule has 0 aromatic heterocycles. The lowest BCUT2D eigenvalue weighted by atomic mass is 10.3. The van der Waals surface area contributed by atoms with E-state index in [2.05, 4.69) is 10.6 Å². The summed E-state index contributed by atoms with van der Waals surface area (Å²) in [6.45, 7) is 1.90. The second-order valence-corrected chi connectivity index (χ2v) is 3.83. The van der Waals surface area contributed by atoms with Gasteiger partial charge in [0, 0.05) is 20.3 Å².